The summed E-state index contributed by atoms with van der Waals surface area (Å²) in [5.41, 5.74) is 0. The van der Waals surface area contributed by atoms with Crippen LogP contribution in [0.1, 0.15) is 6.42 Å². The zero-order valence-electron chi connectivity index (χ0n) is 5.84. The van der Waals surface area contributed by atoms with Gasteiger partial charge in [0, 0.05) is 5.92 Å². The minimum absolute atomic E-state index is 0.0914. The summed E-state index contributed by atoms with van der Waals surface area (Å²) < 4.78 is 29.9. The van der Waals surface area contributed by atoms with Crippen LogP contribution in [0.4, 0.5) is 8.78 Å². The summed E-state index contributed by atoms with van der Waals surface area (Å²) in [5, 5.41) is 0. The Hall–Kier alpha value is -0.440. The second-order valence-electron chi connectivity index (χ2n) is 3.62. The van der Waals surface area contributed by atoms with Gasteiger partial charge in [0.2, 0.25) is 0 Å². The molecule has 3 heteroatoms. The highest BCUT2D eigenvalue weighted by atomic mass is 19.3. The van der Waals surface area contributed by atoms with E-state index in [0.29, 0.717) is 0 Å². The van der Waals surface area contributed by atoms with Crippen molar-refractivity contribution in [3.05, 3.63) is 12.2 Å². The van der Waals surface area contributed by atoms with E-state index in [-0.39, 0.29) is 17.9 Å². The Morgan fingerprint density at radius 1 is 1.27 bits per heavy atom. The molecule has 1 aliphatic heterocycles. The summed E-state index contributed by atoms with van der Waals surface area (Å²) in [4.78, 5) is 0. The molecule has 0 spiro atoms. The van der Waals surface area contributed by atoms with E-state index in [1.807, 2.05) is 12.2 Å². The maximum absolute atomic E-state index is 12.7. The van der Waals surface area contributed by atoms with Gasteiger partial charge in [0.1, 0.15) is 0 Å². The molecule has 60 valence electrons. The quantitative estimate of drug-likeness (QED) is 0.488. The molecule has 11 heavy (non-hydrogen) atoms. The van der Waals surface area contributed by atoms with Crippen molar-refractivity contribution in [2.75, 3.05) is 0 Å². The van der Waals surface area contributed by atoms with Crippen molar-refractivity contribution in [2.45, 2.75) is 18.6 Å². The molecular formula is C8H8F2O. The van der Waals surface area contributed by atoms with E-state index in [0.717, 1.165) is 6.42 Å². The van der Waals surface area contributed by atoms with Crippen LogP contribution in [0, 0.1) is 17.8 Å². The Morgan fingerprint density at radius 3 is 2.55 bits per heavy atom. The van der Waals surface area contributed by atoms with E-state index < -0.39 is 12.0 Å². The van der Waals surface area contributed by atoms with Gasteiger partial charge in [-0.2, -0.15) is 8.78 Å². The highest BCUT2D eigenvalue weighted by Crippen LogP contribution is 2.59. The molecule has 1 heterocycles. The molecule has 2 bridgehead atoms. The average Bonchev–Trinajstić information content (AvgIpc) is 2.41. The number of hydrogen-bond acceptors (Lipinski definition) is 1. The summed E-state index contributed by atoms with van der Waals surface area (Å²) in [5.74, 6) is -0.129. The minimum Gasteiger partial charge on any atom is -0.316 e. The Kier molecular flexibility index (Phi) is 0.838. The van der Waals surface area contributed by atoms with Crippen LogP contribution in [0.5, 0.6) is 0 Å². The molecule has 0 radical (unpaired) electrons. The van der Waals surface area contributed by atoms with Gasteiger partial charge in [-0.25, -0.2) is 0 Å². The highest BCUT2D eigenvalue weighted by molar-refractivity contribution is 5.19. The van der Waals surface area contributed by atoms with Gasteiger partial charge in [-0.1, -0.05) is 12.2 Å². The molecule has 1 saturated carbocycles. The molecule has 1 nitrogen and oxygen atoms in total. The number of alkyl halides is 2. The van der Waals surface area contributed by atoms with E-state index >= 15 is 0 Å². The minimum atomic E-state index is -2.82. The monoisotopic (exact) mass is 158 g/mol. The van der Waals surface area contributed by atoms with Crippen molar-refractivity contribution in [3.8, 4) is 0 Å². The largest absolute Gasteiger partial charge is 0.361 e. The predicted molar refractivity (Wildman–Crippen MR) is 34.0 cm³/mol. The first-order valence-electron chi connectivity index (χ1n) is 3.92. The van der Waals surface area contributed by atoms with Crippen LogP contribution in [0.15, 0.2) is 12.2 Å². The van der Waals surface area contributed by atoms with Gasteiger partial charge < -0.3 is 4.74 Å². The van der Waals surface area contributed by atoms with Gasteiger partial charge in [0.05, 0.1) is 12.0 Å². The summed E-state index contributed by atoms with van der Waals surface area (Å²) in [7, 11) is 0. The van der Waals surface area contributed by atoms with Crippen LogP contribution in [0.3, 0.4) is 0 Å². The summed E-state index contributed by atoms with van der Waals surface area (Å²) in [6.07, 6.45) is 1.82. The first kappa shape index (κ1) is 6.12. The smallest absolute Gasteiger partial charge is 0.316 e. The summed E-state index contributed by atoms with van der Waals surface area (Å²) in [6, 6.07) is 0. The maximum Gasteiger partial charge on any atom is 0.361 e. The van der Waals surface area contributed by atoms with E-state index in [2.05, 4.69) is 4.74 Å². The number of fused-ring (bicyclic) bond motifs is 5. The lowest BCUT2D eigenvalue weighted by molar-refractivity contribution is -0.396. The topological polar surface area (TPSA) is 9.23 Å². The maximum atomic E-state index is 12.7. The molecule has 2 aliphatic carbocycles. The lowest BCUT2D eigenvalue weighted by atomic mass is 9.85. The second-order valence-corrected chi connectivity index (χ2v) is 3.62. The molecule has 2 fully saturated rings. The van der Waals surface area contributed by atoms with Gasteiger partial charge >= 0.3 is 6.11 Å². The molecule has 0 aromatic rings. The Bertz CT molecular complexity index is 236. The first-order valence-corrected chi connectivity index (χ1v) is 3.92. The molecule has 4 atom stereocenters. The van der Waals surface area contributed by atoms with Gasteiger partial charge in [-0.15, -0.1) is 0 Å². The van der Waals surface area contributed by atoms with E-state index in [1.165, 1.54) is 0 Å². The van der Waals surface area contributed by atoms with Crippen LogP contribution in [0.2, 0.25) is 0 Å². The fourth-order valence-electron chi connectivity index (χ4n) is 2.57. The lowest BCUT2D eigenvalue weighted by Gasteiger charge is -2.44. The van der Waals surface area contributed by atoms with Crippen molar-refractivity contribution >= 4 is 0 Å². The van der Waals surface area contributed by atoms with Crippen molar-refractivity contribution in [1.29, 1.82) is 0 Å². The van der Waals surface area contributed by atoms with Gasteiger partial charge in [0.25, 0.3) is 0 Å². The van der Waals surface area contributed by atoms with E-state index in [1.54, 1.807) is 0 Å². The number of halogens is 2. The third kappa shape index (κ3) is 0.549. The van der Waals surface area contributed by atoms with Crippen LogP contribution >= 0.6 is 0 Å². The third-order valence-electron chi connectivity index (χ3n) is 3.07. The fourth-order valence-corrected chi connectivity index (χ4v) is 2.57. The standard InChI is InChI=1S/C8H8F2O/c9-8(10)6-4-1-2-5(3-4)7(6)11-8/h1-2,4-7H,3H2. The van der Waals surface area contributed by atoms with E-state index in [9.17, 15) is 8.78 Å². The van der Waals surface area contributed by atoms with Crippen molar-refractivity contribution < 1.29 is 13.5 Å². The van der Waals surface area contributed by atoms with Crippen LogP contribution in [-0.2, 0) is 4.74 Å². The van der Waals surface area contributed by atoms with Gasteiger partial charge in [-0.3, -0.25) is 0 Å². The molecule has 0 aromatic heterocycles. The van der Waals surface area contributed by atoms with Crippen molar-refractivity contribution in [3.63, 3.8) is 0 Å². The van der Waals surface area contributed by atoms with Gasteiger partial charge in [-0.05, 0) is 12.3 Å². The van der Waals surface area contributed by atoms with Crippen LogP contribution in [-0.4, -0.2) is 12.2 Å². The molecule has 3 aliphatic rings. The van der Waals surface area contributed by atoms with Crippen LogP contribution in [0.25, 0.3) is 0 Å². The van der Waals surface area contributed by atoms with Crippen molar-refractivity contribution in [2.24, 2.45) is 17.8 Å². The second kappa shape index (κ2) is 1.51. The lowest BCUT2D eigenvalue weighted by Crippen LogP contribution is -2.56. The average molecular weight is 158 g/mol. The highest BCUT2D eigenvalue weighted by Gasteiger charge is 2.67. The molecule has 0 N–H and O–H groups in total. The molecular weight excluding hydrogens is 150 g/mol. The predicted octanol–water partition coefficient (Wildman–Crippen LogP) is 1.80. The molecule has 4 unspecified atom stereocenters. The Labute approximate surface area is 63.0 Å². The van der Waals surface area contributed by atoms with Crippen molar-refractivity contribution in [1.82, 2.24) is 0 Å². The van der Waals surface area contributed by atoms with E-state index in [4.69, 9.17) is 0 Å². The normalized spacial score (nSPS) is 55.8. The number of hydrogen-bond donors (Lipinski definition) is 0. The third-order valence-corrected chi connectivity index (χ3v) is 3.07. The number of rotatable bonds is 0. The molecule has 0 amide bonds. The SMILES string of the molecule is FC1(F)OC2C3C=CC(C3)C21. The first-order chi connectivity index (χ1) is 5.18. The zero-order chi connectivity index (χ0) is 7.64. The Morgan fingerprint density at radius 2 is 2.00 bits per heavy atom. The summed E-state index contributed by atoms with van der Waals surface area (Å²) in [6.45, 7) is 0. The number of ether oxygens (including phenoxy) is 1. The van der Waals surface area contributed by atoms with Gasteiger partial charge in [0.15, 0.2) is 0 Å². The molecule has 3 rings (SSSR count). The molecule has 1 saturated heterocycles. The molecule has 0 aromatic carbocycles. The fraction of sp³-hybridized carbons (Fsp3) is 0.750. The zero-order valence-corrected chi connectivity index (χ0v) is 5.84. The number of allylic oxidation sites excluding steroid dienone is 1. The Balaban J connectivity index is 1.97. The van der Waals surface area contributed by atoms with Crippen LogP contribution < -0.4 is 0 Å². The summed E-state index contributed by atoms with van der Waals surface area (Å²) >= 11 is 0.